The summed E-state index contributed by atoms with van der Waals surface area (Å²) in [5, 5.41) is 1.51. The van der Waals surface area contributed by atoms with E-state index in [-0.39, 0.29) is 0 Å². The summed E-state index contributed by atoms with van der Waals surface area (Å²) in [6.07, 6.45) is 3.11. The summed E-state index contributed by atoms with van der Waals surface area (Å²) in [6.45, 7) is 9.76. The Labute approximate surface area is 130 Å². The third-order valence-corrected chi connectivity index (χ3v) is 2.95. The molecule has 0 bridgehead atoms. The van der Waals surface area contributed by atoms with E-state index in [2.05, 4.69) is 9.97 Å². The van der Waals surface area contributed by atoms with Gasteiger partial charge in [0.2, 0.25) is 0 Å². The highest BCUT2D eigenvalue weighted by molar-refractivity contribution is 5.79. The molecular formula is C16H22N4O2. The summed E-state index contributed by atoms with van der Waals surface area (Å²) >= 11 is 0. The molecule has 6 heteroatoms. The van der Waals surface area contributed by atoms with Gasteiger partial charge in [-0.25, -0.2) is 19.5 Å². The molecule has 118 valence electrons. The molecule has 0 fully saturated rings. The number of aromatic nitrogens is 3. The predicted molar refractivity (Wildman–Crippen MR) is 85.2 cm³/mol. The third-order valence-electron chi connectivity index (χ3n) is 2.95. The van der Waals surface area contributed by atoms with Crippen LogP contribution in [0.4, 0.5) is 4.79 Å². The van der Waals surface area contributed by atoms with Crippen molar-refractivity contribution in [3.63, 3.8) is 0 Å². The highest BCUT2D eigenvalue weighted by atomic mass is 16.6. The molecule has 0 aliphatic heterocycles. The van der Waals surface area contributed by atoms with Crippen molar-refractivity contribution in [1.29, 1.82) is 0 Å². The molecule has 0 spiro atoms. The molecule has 0 atom stereocenters. The molecule has 0 aliphatic rings. The number of amides is 1. The molecule has 0 radical (unpaired) electrons. The first-order chi connectivity index (χ1) is 10.3. The molecule has 0 saturated heterocycles. The quantitative estimate of drug-likeness (QED) is 0.874. The summed E-state index contributed by atoms with van der Waals surface area (Å²) in [5.74, 6) is 0.702. The maximum atomic E-state index is 12.3. The molecule has 0 aromatic carbocycles. The first-order valence-electron chi connectivity index (χ1n) is 7.30. The van der Waals surface area contributed by atoms with E-state index in [1.54, 1.807) is 17.1 Å². The standard InChI is InChI=1S/C16H22N4O2/c1-6-19(15(21)22-16(3,4)5)20-11-14(18-12(20)2)13-9-7-8-10-17-13/h7-11H,6H2,1-5H3. The number of nitrogens with zero attached hydrogens (tertiary/aromatic N) is 4. The van der Waals surface area contributed by atoms with E-state index in [1.165, 1.54) is 5.01 Å². The molecule has 1 amide bonds. The Morgan fingerprint density at radius 2 is 2.05 bits per heavy atom. The molecular weight excluding hydrogens is 280 g/mol. The number of carbonyl (C=O) groups is 1. The van der Waals surface area contributed by atoms with E-state index in [0.29, 0.717) is 12.4 Å². The smallest absolute Gasteiger partial charge is 0.429 e. The number of hydrogen-bond acceptors (Lipinski definition) is 4. The Hall–Kier alpha value is -2.37. The largest absolute Gasteiger partial charge is 0.442 e. The van der Waals surface area contributed by atoms with Crippen LogP contribution in [0, 0.1) is 6.92 Å². The number of imidazole rings is 1. The lowest BCUT2D eigenvalue weighted by Crippen LogP contribution is -2.43. The first-order valence-corrected chi connectivity index (χ1v) is 7.30. The van der Waals surface area contributed by atoms with Crippen LogP contribution in [0.1, 0.15) is 33.5 Å². The van der Waals surface area contributed by atoms with Crippen LogP contribution in [-0.2, 0) is 4.74 Å². The van der Waals surface area contributed by atoms with Gasteiger partial charge < -0.3 is 4.74 Å². The van der Waals surface area contributed by atoms with Crippen LogP contribution in [0.15, 0.2) is 30.6 Å². The molecule has 22 heavy (non-hydrogen) atoms. The van der Waals surface area contributed by atoms with E-state index in [9.17, 15) is 4.79 Å². The molecule has 2 heterocycles. The molecule has 0 N–H and O–H groups in total. The van der Waals surface area contributed by atoms with Crippen molar-refractivity contribution in [3.8, 4) is 11.4 Å². The minimum Gasteiger partial charge on any atom is -0.442 e. The zero-order chi connectivity index (χ0) is 16.3. The Morgan fingerprint density at radius 1 is 1.32 bits per heavy atom. The average Bonchev–Trinajstić information content (AvgIpc) is 2.81. The fourth-order valence-electron chi connectivity index (χ4n) is 2.03. The summed E-state index contributed by atoms with van der Waals surface area (Å²) < 4.78 is 7.14. The minimum atomic E-state index is -0.539. The lowest BCUT2D eigenvalue weighted by molar-refractivity contribution is 0.0539. The lowest BCUT2D eigenvalue weighted by Gasteiger charge is -2.27. The number of aryl methyl sites for hydroxylation is 1. The van der Waals surface area contributed by atoms with Gasteiger partial charge in [0.25, 0.3) is 0 Å². The normalized spacial score (nSPS) is 11.3. The topological polar surface area (TPSA) is 60.2 Å². The number of ether oxygens (including phenoxy) is 1. The molecule has 2 aromatic rings. The molecule has 6 nitrogen and oxygen atoms in total. The second-order valence-corrected chi connectivity index (χ2v) is 5.93. The zero-order valence-corrected chi connectivity index (χ0v) is 13.7. The minimum absolute atomic E-state index is 0.400. The zero-order valence-electron chi connectivity index (χ0n) is 13.7. The van der Waals surface area contributed by atoms with Gasteiger partial charge in [-0.3, -0.25) is 4.98 Å². The van der Waals surface area contributed by atoms with Gasteiger partial charge >= 0.3 is 6.09 Å². The van der Waals surface area contributed by atoms with E-state index in [4.69, 9.17) is 4.74 Å². The predicted octanol–water partition coefficient (Wildman–Crippen LogP) is 3.15. The van der Waals surface area contributed by atoms with Crippen molar-refractivity contribution in [2.45, 2.75) is 40.2 Å². The Morgan fingerprint density at radius 3 is 2.59 bits per heavy atom. The molecule has 0 aliphatic carbocycles. The fraction of sp³-hybridized carbons (Fsp3) is 0.438. The van der Waals surface area contributed by atoms with E-state index in [1.807, 2.05) is 52.8 Å². The van der Waals surface area contributed by atoms with Crippen molar-refractivity contribution >= 4 is 6.09 Å². The highest BCUT2D eigenvalue weighted by Crippen LogP contribution is 2.17. The molecule has 2 aromatic heterocycles. The van der Waals surface area contributed by atoms with Crippen molar-refractivity contribution in [3.05, 3.63) is 36.4 Å². The number of hydrogen-bond donors (Lipinski definition) is 0. The van der Waals surface area contributed by atoms with Crippen LogP contribution in [0.3, 0.4) is 0 Å². The lowest BCUT2D eigenvalue weighted by atomic mass is 10.2. The van der Waals surface area contributed by atoms with Gasteiger partial charge in [-0.05, 0) is 46.8 Å². The van der Waals surface area contributed by atoms with Crippen LogP contribution >= 0.6 is 0 Å². The number of carbonyl (C=O) groups excluding carboxylic acids is 1. The van der Waals surface area contributed by atoms with Gasteiger partial charge in [-0.1, -0.05) is 6.07 Å². The van der Waals surface area contributed by atoms with Gasteiger partial charge in [0.1, 0.15) is 17.1 Å². The molecule has 0 unspecified atom stereocenters. The first kappa shape index (κ1) is 16.0. The Balaban J connectivity index is 2.31. The molecule has 0 saturated carbocycles. The van der Waals surface area contributed by atoms with Crippen LogP contribution in [0.5, 0.6) is 0 Å². The second-order valence-electron chi connectivity index (χ2n) is 5.93. The van der Waals surface area contributed by atoms with Crippen LogP contribution in [0.2, 0.25) is 0 Å². The Bertz CT molecular complexity index is 644. The van der Waals surface area contributed by atoms with Gasteiger partial charge in [0.15, 0.2) is 0 Å². The average molecular weight is 302 g/mol. The summed E-state index contributed by atoms with van der Waals surface area (Å²) in [6, 6.07) is 5.64. The van der Waals surface area contributed by atoms with Gasteiger partial charge in [0, 0.05) is 12.7 Å². The van der Waals surface area contributed by atoms with Crippen molar-refractivity contribution in [2.24, 2.45) is 0 Å². The number of rotatable bonds is 3. The van der Waals surface area contributed by atoms with Crippen LogP contribution in [0.25, 0.3) is 11.4 Å². The maximum absolute atomic E-state index is 12.3. The van der Waals surface area contributed by atoms with Crippen molar-refractivity contribution in [2.75, 3.05) is 11.6 Å². The number of pyridine rings is 1. The third kappa shape index (κ3) is 3.63. The molecule has 2 rings (SSSR count). The van der Waals surface area contributed by atoms with Gasteiger partial charge in [-0.2, -0.15) is 0 Å². The SMILES string of the molecule is CCN(C(=O)OC(C)(C)C)n1cc(-c2ccccn2)nc1C. The summed E-state index contributed by atoms with van der Waals surface area (Å²) in [7, 11) is 0. The second kappa shape index (κ2) is 6.17. The Kier molecular flexibility index (Phi) is 4.49. The van der Waals surface area contributed by atoms with E-state index >= 15 is 0 Å². The van der Waals surface area contributed by atoms with E-state index in [0.717, 1.165) is 11.4 Å². The van der Waals surface area contributed by atoms with Crippen molar-refractivity contribution < 1.29 is 9.53 Å². The van der Waals surface area contributed by atoms with Crippen molar-refractivity contribution in [1.82, 2.24) is 14.6 Å². The fourth-order valence-corrected chi connectivity index (χ4v) is 2.03. The van der Waals surface area contributed by atoms with Crippen LogP contribution in [-0.4, -0.2) is 32.9 Å². The van der Waals surface area contributed by atoms with Crippen LogP contribution < -0.4 is 5.01 Å². The van der Waals surface area contributed by atoms with Gasteiger partial charge in [0.05, 0.1) is 11.9 Å². The summed E-state index contributed by atoms with van der Waals surface area (Å²) in [4.78, 5) is 21.1. The van der Waals surface area contributed by atoms with E-state index < -0.39 is 11.7 Å². The summed E-state index contributed by atoms with van der Waals surface area (Å²) in [5.41, 5.74) is 0.952. The van der Waals surface area contributed by atoms with Gasteiger partial charge in [-0.15, -0.1) is 0 Å². The monoisotopic (exact) mass is 302 g/mol. The highest BCUT2D eigenvalue weighted by Gasteiger charge is 2.24. The maximum Gasteiger partial charge on any atom is 0.429 e.